The van der Waals surface area contributed by atoms with Gasteiger partial charge in [-0.25, -0.2) is 4.39 Å². The van der Waals surface area contributed by atoms with Crippen LogP contribution in [0.5, 0.6) is 5.75 Å². The monoisotopic (exact) mass is 340 g/mol. The van der Waals surface area contributed by atoms with Gasteiger partial charge >= 0.3 is 0 Å². The number of nitrogens with zero attached hydrogens (tertiary/aromatic N) is 1. The van der Waals surface area contributed by atoms with Gasteiger partial charge in [0.15, 0.2) is 0 Å². The first kappa shape index (κ1) is 15.6. The van der Waals surface area contributed by atoms with Gasteiger partial charge in [-0.05, 0) is 36.2 Å². The van der Waals surface area contributed by atoms with Crippen LogP contribution in [-0.2, 0) is 4.79 Å². The number of halogens is 1. The third-order valence-electron chi connectivity index (χ3n) is 4.90. The first-order valence-electron chi connectivity index (χ1n) is 8.15. The molecule has 2 aliphatic rings. The van der Waals surface area contributed by atoms with Crippen LogP contribution in [0.3, 0.4) is 0 Å². The number of amides is 2. The van der Waals surface area contributed by atoms with Gasteiger partial charge in [0.1, 0.15) is 11.6 Å². The summed E-state index contributed by atoms with van der Waals surface area (Å²) in [5.41, 5.74) is 1.30. The van der Waals surface area contributed by atoms with Crippen molar-refractivity contribution in [3.63, 3.8) is 0 Å². The minimum Gasteiger partial charge on any atom is -0.508 e. The molecule has 0 aliphatic carbocycles. The van der Waals surface area contributed by atoms with Crippen LogP contribution in [0.4, 0.5) is 4.39 Å². The van der Waals surface area contributed by atoms with Gasteiger partial charge in [-0.1, -0.05) is 12.1 Å². The quantitative estimate of drug-likeness (QED) is 0.881. The summed E-state index contributed by atoms with van der Waals surface area (Å²) in [5, 5.41) is 12.2. The lowest BCUT2D eigenvalue weighted by molar-refractivity contribution is -0.120. The SMILES string of the molecule is O=C1CCC2(CN(C(=O)c3ccc(-c4ccc(O)cc4F)cc3)C2)N1. The molecule has 0 unspecified atom stereocenters. The summed E-state index contributed by atoms with van der Waals surface area (Å²) in [7, 11) is 0. The lowest BCUT2D eigenvalue weighted by Gasteiger charge is -2.47. The smallest absolute Gasteiger partial charge is 0.254 e. The number of phenols is 1. The molecule has 6 heteroatoms. The fourth-order valence-electron chi connectivity index (χ4n) is 3.55. The topological polar surface area (TPSA) is 69.6 Å². The fraction of sp³-hybridized carbons (Fsp3) is 0.263. The second-order valence-corrected chi connectivity index (χ2v) is 6.73. The van der Waals surface area contributed by atoms with Crippen LogP contribution < -0.4 is 5.32 Å². The third-order valence-corrected chi connectivity index (χ3v) is 4.90. The minimum absolute atomic E-state index is 0.0485. The van der Waals surface area contributed by atoms with Crippen molar-refractivity contribution in [1.82, 2.24) is 10.2 Å². The van der Waals surface area contributed by atoms with Gasteiger partial charge < -0.3 is 15.3 Å². The number of rotatable bonds is 2. The van der Waals surface area contributed by atoms with Crippen LogP contribution in [0.1, 0.15) is 23.2 Å². The lowest BCUT2D eigenvalue weighted by Crippen LogP contribution is -2.68. The average molecular weight is 340 g/mol. The predicted octanol–water partition coefficient (Wildman–Crippen LogP) is 2.30. The first-order valence-corrected chi connectivity index (χ1v) is 8.15. The molecule has 4 rings (SSSR count). The molecule has 2 heterocycles. The highest BCUT2D eigenvalue weighted by Crippen LogP contribution is 2.32. The van der Waals surface area contributed by atoms with E-state index in [1.54, 1.807) is 29.2 Å². The average Bonchev–Trinajstić information content (AvgIpc) is 2.95. The van der Waals surface area contributed by atoms with Crippen LogP contribution in [0.15, 0.2) is 42.5 Å². The maximum atomic E-state index is 13.9. The Hall–Kier alpha value is -2.89. The van der Waals surface area contributed by atoms with Crippen molar-refractivity contribution in [2.45, 2.75) is 18.4 Å². The summed E-state index contributed by atoms with van der Waals surface area (Å²) in [6, 6.07) is 10.7. The van der Waals surface area contributed by atoms with Crippen molar-refractivity contribution < 1.29 is 19.1 Å². The molecule has 0 atom stereocenters. The van der Waals surface area contributed by atoms with E-state index >= 15 is 0 Å². The van der Waals surface area contributed by atoms with E-state index in [0.717, 1.165) is 12.5 Å². The maximum Gasteiger partial charge on any atom is 0.254 e. The minimum atomic E-state index is -0.513. The van der Waals surface area contributed by atoms with Crippen molar-refractivity contribution in [2.24, 2.45) is 0 Å². The molecule has 5 nitrogen and oxygen atoms in total. The molecular formula is C19H17FN2O3. The summed E-state index contributed by atoms with van der Waals surface area (Å²) in [4.78, 5) is 25.6. The third kappa shape index (κ3) is 2.73. The molecule has 128 valence electrons. The number of benzene rings is 2. The van der Waals surface area contributed by atoms with Gasteiger partial charge in [-0.3, -0.25) is 9.59 Å². The van der Waals surface area contributed by atoms with Gasteiger partial charge in [-0.15, -0.1) is 0 Å². The van der Waals surface area contributed by atoms with E-state index in [9.17, 15) is 19.1 Å². The molecule has 2 saturated heterocycles. The highest BCUT2D eigenvalue weighted by atomic mass is 19.1. The predicted molar refractivity (Wildman–Crippen MR) is 89.5 cm³/mol. The molecule has 0 bridgehead atoms. The van der Waals surface area contributed by atoms with E-state index in [0.29, 0.717) is 36.2 Å². The standard InChI is InChI=1S/C19H17FN2O3/c20-16-9-14(23)5-6-15(16)12-1-3-13(4-2-12)18(25)22-10-19(11-22)8-7-17(24)21-19/h1-6,9,23H,7-8,10-11H2,(H,21,24). The molecule has 25 heavy (non-hydrogen) atoms. The zero-order valence-electron chi connectivity index (χ0n) is 13.5. The number of phenolic OH excluding ortho intramolecular Hbond substituents is 1. The maximum absolute atomic E-state index is 13.9. The summed E-state index contributed by atoms with van der Waals surface area (Å²) in [5.74, 6) is -0.684. The van der Waals surface area contributed by atoms with Crippen molar-refractivity contribution >= 4 is 11.8 Å². The number of nitrogens with one attached hydrogen (secondary N) is 1. The Bertz CT molecular complexity index is 857. The summed E-state index contributed by atoms with van der Waals surface area (Å²) >= 11 is 0. The Kier molecular flexibility index (Phi) is 3.49. The molecule has 2 amide bonds. The molecule has 0 saturated carbocycles. The summed E-state index contributed by atoms with van der Waals surface area (Å²) in [6.45, 7) is 1.07. The van der Waals surface area contributed by atoms with Crippen LogP contribution >= 0.6 is 0 Å². The van der Waals surface area contributed by atoms with E-state index in [2.05, 4.69) is 5.32 Å². The molecule has 2 fully saturated rings. The van der Waals surface area contributed by atoms with Crippen molar-refractivity contribution in [3.8, 4) is 16.9 Å². The highest BCUT2D eigenvalue weighted by Gasteiger charge is 2.49. The van der Waals surface area contributed by atoms with Crippen molar-refractivity contribution in [1.29, 1.82) is 0 Å². The zero-order valence-corrected chi connectivity index (χ0v) is 13.5. The Morgan fingerprint density at radius 2 is 1.88 bits per heavy atom. The number of hydrogen-bond acceptors (Lipinski definition) is 3. The van der Waals surface area contributed by atoms with Crippen LogP contribution in [0.2, 0.25) is 0 Å². The van der Waals surface area contributed by atoms with Gasteiger partial charge in [0.25, 0.3) is 5.91 Å². The van der Waals surface area contributed by atoms with E-state index < -0.39 is 5.82 Å². The van der Waals surface area contributed by atoms with E-state index in [-0.39, 0.29) is 23.1 Å². The van der Waals surface area contributed by atoms with E-state index in [1.165, 1.54) is 12.1 Å². The molecule has 2 aromatic rings. The van der Waals surface area contributed by atoms with Gasteiger partial charge in [-0.2, -0.15) is 0 Å². The highest BCUT2D eigenvalue weighted by molar-refractivity contribution is 5.96. The number of aromatic hydroxyl groups is 1. The zero-order chi connectivity index (χ0) is 17.6. The number of carbonyl (C=O) groups is 2. The van der Waals surface area contributed by atoms with Crippen molar-refractivity contribution in [2.75, 3.05) is 13.1 Å². The van der Waals surface area contributed by atoms with Crippen molar-refractivity contribution in [3.05, 3.63) is 53.8 Å². The summed E-state index contributed by atoms with van der Waals surface area (Å²) < 4.78 is 13.9. The number of carbonyl (C=O) groups excluding carboxylic acids is 2. The molecule has 1 spiro atoms. The number of hydrogen-bond donors (Lipinski definition) is 2. The number of likely N-dealkylation sites (tertiary alicyclic amines) is 1. The normalized spacial score (nSPS) is 18.1. The Balaban J connectivity index is 1.47. The van der Waals surface area contributed by atoms with Gasteiger partial charge in [0, 0.05) is 36.7 Å². The lowest BCUT2D eigenvalue weighted by atomic mass is 9.87. The van der Waals surface area contributed by atoms with E-state index in [1.807, 2.05) is 0 Å². The second-order valence-electron chi connectivity index (χ2n) is 6.73. The second kappa shape index (κ2) is 5.58. The molecule has 2 aliphatic heterocycles. The van der Waals surface area contributed by atoms with Crippen LogP contribution in [-0.4, -0.2) is 40.4 Å². The molecule has 2 N–H and O–H groups in total. The van der Waals surface area contributed by atoms with E-state index in [4.69, 9.17) is 0 Å². The largest absolute Gasteiger partial charge is 0.508 e. The Labute approximate surface area is 144 Å². The fourth-order valence-corrected chi connectivity index (χ4v) is 3.55. The van der Waals surface area contributed by atoms with Crippen LogP contribution in [0, 0.1) is 5.82 Å². The van der Waals surface area contributed by atoms with Gasteiger partial charge in [0.05, 0.1) is 5.54 Å². The Morgan fingerprint density at radius 3 is 2.48 bits per heavy atom. The molecule has 2 aromatic carbocycles. The molecule has 0 radical (unpaired) electrons. The molecular weight excluding hydrogens is 323 g/mol. The Morgan fingerprint density at radius 1 is 1.16 bits per heavy atom. The summed E-state index contributed by atoms with van der Waals surface area (Å²) in [6.07, 6.45) is 1.30. The molecule has 0 aromatic heterocycles. The van der Waals surface area contributed by atoms with Gasteiger partial charge in [0.2, 0.25) is 5.91 Å². The first-order chi connectivity index (χ1) is 12.0. The van der Waals surface area contributed by atoms with Crippen LogP contribution in [0.25, 0.3) is 11.1 Å².